The molecule has 1 heterocycles. The van der Waals surface area contributed by atoms with Crippen LogP contribution in [0.3, 0.4) is 0 Å². The number of nitrogens with zero attached hydrogens (tertiary/aromatic N) is 1. The number of hydrogen-bond acceptors (Lipinski definition) is 3. The molecule has 0 atom stereocenters. The SMILES string of the molecule is CCc1ccc(OC)c(C2(CN3CCNCC3)CC2)c1. The lowest BCUT2D eigenvalue weighted by Gasteiger charge is -2.32. The summed E-state index contributed by atoms with van der Waals surface area (Å²) in [6.45, 7) is 8.03. The molecule has 2 aliphatic rings. The molecule has 1 aromatic rings. The van der Waals surface area contributed by atoms with E-state index in [0.29, 0.717) is 5.41 Å². The van der Waals surface area contributed by atoms with Crippen molar-refractivity contribution in [1.82, 2.24) is 10.2 Å². The van der Waals surface area contributed by atoms with Crippen LogP contribution in [0, 0.1) is 0 Å². The molecule has 0 radical (unpaired) electrons. The molecule has 1 saturated heterocycles. The van der Waals surface area contributed by atoms with Crippen molar-refractivity contribution in [1.29, 1.82) is 0 Å². The van der Waals surface area contributed by atoms with Gasteiger partial charge in [0, 0.05) is 43.7 Å². The molecule has 0 spiro atoms. The zero-order valence-electron chi connectivity index (χ0n) is 12.7. The summed E-state index contributed by atoms with van der Waals surface area (Å²) in [5.74, 6) is 1.08. The Kier molecular flexibility index (Phi) is 3.99. The van der Waals surface area contributed by atoms with Crippen LogP contribution in [0.15, 0.2) is 18.2 Å². The smallest absolute Gasteiger partial charge is 0.122 e. The van der Waals surface area contributed by atoms with Crippen molar-refractivity contribution in [2.45, 2.75) is 31.6 Å². The van der Waals surface area contributed by atoms with Crippen molar-refractivity contribution in [2.75, 3.05) is 39.8 Å². The van der Waals surface area contributed by atoms with Crippen LogP contribution in [0.1, 0.15) is 30.9 Å². The largest absolute Gasteiger partial charge is 0.496 e. The zero-order chi connectivity index (χ0) is 14.0. The van der Waals surface area contributed by atoms with E-state index >= 15 is 0 Å². The molecule has 1 saturated carbocycles. The fourth-order valence-corrected chi connectivity index (χ4v) is 3.35. The Balaban J connectivity index is 1.82. The van der Waals surface area contributed by atoms with Gasteiger partial charge < -0.3 is 10.1 Å². The highest BCUT2D eigenvalue weighted by molar-refractivity contribution is 5.46. The maximum absolute atomic E-state index is 5.63. The van der Waals surface area contributed by atoms with Gasteiger partial charge in [0.15, 0.2) is 0 Å². The number of methoxy groups -OCH3 is 1. The van der Waals surface area contributed by atoms with Crippen LogP contribution >= 0.6 is 0 Å². The van der Waals surface area contributed by atoms with Crippen LogP contribution in [0.5, 0.6) is 5.75 Å². The number of benzene rings is 1. The van der Waals surface area contributed by atoms with E-state index in [2.05, 4.69) is 35.3 Å². The Hall–Kier alpha value is -1.06. The Morgan fingerprint density at radius 1 is 1.25 bits per heavy atom. The second-order valence-electron chi connectivity index (χ2n) is 6.19. The molecule has 20 heavy (non-hydrogen) atoms. The number of rotatable bonds is 5. The van der Waals surface area contributed by atoms with Crippen molar-refractivity contribution in [3.8, 4) is 5.75 Å². The van der Waals surface area contributed by atoms with Gasteiger partial charge in [0.2, 0.25) is 0 Å². The van der Waals surface area contributed by atoms with Crippen molar-refractivity contribution in [3.05, 3.63) is 29.3 Å². The van der Waals surface area contributed by atoms with E-state index in [9.17, 15) is 0 Å². The van der Waals surface area contributed by atoms with E-state index in [1.165, 1.54) is 43.6 Å². The Bertz CT molecular complexity index is 462. The van der Waals surface area contributed by atoms with Gasteiger partial charge in [-0.25, -0.2) is 0 Å². The van der Waals surface area contributed by atoms with E-state index in [4.69, 9.17) is 4.74 Å². The predicted molar refractivity (Wildman–Crippen MR) is 82.6 cm³/mol. The molecule has 0 bridgehead atoms. The van der Waals surface area contributed by atoms with Crippen LogP contribution < -0.4 is 10.1 Å². The van der Waals surface area contributed by atoms with E-state index in [0.717, 1.165) is 25.3 Å². The minimum absolute atomic E-state index is 0.355. The number of aryl methyl sites for hydroxylation is 1. The van der Waals surface area contributed by atoms with E-state index in [1.807, 2.05) is 0 Å². The van der Waals surface area contributed by atoms with Gasteiger partial charge in [0.1, 0.15) is 5.75 Å². The molecule has 1 aromatic carbocycles. The van der Waals surface area contributed by atoms with Crippen molar-refractivity contribution >= 4 is 0 Å². The fraction of sp³-hybridized carbons (Fsp3) is 0.647. The van der Waals surface area contributed by atoms with Gasteiger partial charge in [-0.3, -0.25) is 4.90 Å². The topological polar surface area (TPSA) is 24.5 Å². The molecule has 2 fully saturated rings. The molecule has 110 valence electrons. The van der Waals surface area contributed by atoms with Crippen LogP contribution in [0.2, 0.25) is 0 Å². The number of hydrogen-bond donors (Lipinski definition) is 1. The first-order valence-electron chi connectivity index (χ1n) is 7.88. The lowest BCUT2D eigenvalue weighted by molar-refractivity contribution is 0.219. The third-order valence-electron chi connectivity index (χ3n) is 4.83. The molecule has 0 unspecified atom stereocenters. The highest BCUT2D eigenvalue weighted by atomic mass is 16.5. The zero-order valence-corrected chi connectivity index (χ0v) is 12.7. The molecule has 3 heteroatoms. The summed E-state index contributed by atoms with van der Waals surface area (Å²) in [5.41, 5.74) is 3.22. The second kappa shape index (κ2) is 5.74. The quantitative estimate of drug-likeness (QED) is 0.891. The molecular formula is C17H26N2O. The average Bonchev–Trinajstić information content (AvgIpc) is 3.28. The minimum Gasteiger partial charge on any atom is -0.496 e. The maximum Gasteiger partial charge on any atom is 0.122 e. The van der Waals surface area contributed by atoms with Gasteiger partial charge >= 0.3 is 0 Å². The summed E-state index contributed by atoms with van der Waals surface area (Å²) in [6, 6.07) is 6.74. The van der Waals surface area contributed by atoms with Gasteiger partial charge in [-0.15, -0.1) is 0 Å². The van der Waals surface area contributed by atoms with Gasteiger partial charge in [-0.2, -0.15) is 0 Å². The maximum atomic E-state index is 5.63. The summed E-state index contributed by atoms with van der Waals surface area (Å²) in [6.07, 6.45) is 3.71. The lowest BCUT2D eigenvalue weighted by Crippen LogP contribution is -2.46. The Morgan fingerprint density at radius 2 is 2.00 bits per heavy atom. The highest BCUT2D eigenvalue weighted by Gasteiger charge is 2.47. The molecule has 3 rings (SSSR count). The second-order valence-corrected chi connectivity index (χ2v) is 6.19. The fourth-order valence-electron chi connectivity index (χ4n) is 3.35. The summed E-state index contributed by atoms with van der Waals surface area (Å²) >= 11 is 0. The lowest BCUT2D eigenvalue weighted by atomic mass is 9.92. The predicted octanol–water partition coefficient (Wildman–Crippen LogP) is 2.19. The molecule has 0 amide bonds. The highest BCUT2D eigenvalue weighted by Crippen LogP contribution is 2.52. The third-order valence-corrected chi connectivity index (χ3v) is 4.83. The van der Waals surface area contributed by atoms with Gasteiger partial charge in [0.05, 0.1) is 7.11 Å². The molecular weight excluding hydrogens is 248 g/mol. The van der Waals surface area contributed by atoms with Crippen LogP contribution in [0.25, 0.3) is 0 Å². The third kappa shape index (κ3) is 2.70. The van der Waals surface area contributed by atoms with Crippen molar-refractivity contribution in [3.63, 3.8) is 0 Å². The summed E-state index contributed by atoms with van der Waals surface area (Å²) in [7, 11) is 1.80. The molecule has 3 nitrogen and oxygen atoms in total. The number of ether oxygens (including phenoxy) is 1. The van der Waals surface area contributed by atoms with E-state index in [1.54, 1.807) is 7.11 Å². The minimum atomic E-state index is 0.355. The van der Waals surface area contributed by atoms with Gasteiger partial charge in [-0.1, -0.05) is 19.1 Å². The average molecular weight is 274 g/mol. The first-order valence-corrected chi connectivity index (χ1v) is 7.88. The van der Waals surface area contributed by atoms with E-state index in [-0.39, 0.29) is 0 Å². The standard InChI is InChI=1S/C17H26N2O/c1-3-14-4-5-16(20-2)15(12-14)17(6-7-17)13-19-10-8-18-9-11-19/h4-5,12,18H,3,6-11,13H2,1-2H3. The monoisotopic (exact) mass is 274 g/mol. The summed E-state index contributed by atoms with van der Waals surface area (Å²) < 4.78 is 5.63. The molecule has 1 aliphatic heterocycles. The number of piperazine rings is 1. The molecule has 0 aromatic heterocycles. The van der Waals surface area contributed by atoms with Crippen molar-refractivity contribution < 1.29 is 4.74 Å². The van der Waals surface area contributed by atoms with Gasteiger partial charge in [0.25, 0.3) is 0 Å². The Labute approximate surface area is 122 Å². The Morgan fingerprint density at radius 3 is 2.60 bits per heavy atom. The number of nitrogens with one attached hydrogen (secondary N) is 1. The molecule has 1 N–H and O–H groups in total. The molecule has 1 aliphatic carbocycles. The first-order chi connectivity index (χ1) is 9.77. The summed E-state index contributed by atoms with van der Waals surface area (Å²) in [4.78, 5) is 2.61. The van der Waals surface area contributed by atoms with Crippen LogP contribution in [-0.2, 0) is 11.8 Å². The van der Waals surface area contributed by atoms with Crippen molar-refractivity contribution in [2.24, 2.45) is 0 Å². The van der Waals surface area contributed by atoms with E-state index < -0.39 is 0 Å². The van der Waals surface area contributed by atoms with Crippen LogP contribution in [0.4, 0.5) is 0 Å². The normalized spacial score (nSPS) is 21.7. The van der Waals surface area contributed by atoms with Crippen LogP contribution in [-0.4, -0.2) is 44.7 Å². The first kappa shape index (κ1) is 13.9. The van der Waals surface area contributed by atoms with Gasteiger partial charge in [-0.05, 0) is 30.9 Å². The summed E-state index contributed by atoms with van der Waals surface area (Å²) in [5, 5.41) is 3.44.